The van der Waals surface area contributed by atoms with Gasteiger partial charge in [0.2, 0.25) is 11.7 Å². The van der Waals surface area contributed by atoms with Crippen molar-refractivity contribution in [2.75, 3.05) is 5.32 Å². The van der Waals surface area contributed by atoms with Crippen LogP contribution in [-0.2, 0) is 0 Å². The largest absolute Gasteiger partial charge is 0.325 e. The molecular formula is C25H22ClN3O. The molecule has 150 valence electrons. The first-order chi connectivity index (χ1) is 14.4. The van der Waals surface area contributed by atoms with Crippen molar-refractivity contribution < 1.29 is 4.79 Å². The summed E-state index contributed by atoms with van der Waals surface area (Å²) in [7, 11) is 0. The summed E-state index contributed by atoms with van der Waals surface area (Å²) in [6.07, 6.45) is 0. The molecule has 1 aromatic heterocycles. The van der Waals surface area contributed by atoms with Crippen molar-refractivity contribution in [3.8, 4) is 5.69 Å². The summed E-state index contributed by atoms with van der Waals surface area (Å²) in [5.74, 6) is 0.492. The second-order valence-corrected chi connectivity index (χ2v) is 7.80. The van der Waals surface area contributed by atoms with Crippen LogP contribution in [0, 0.1) is 20.8 Å². The van der Waals surface area contributed by atoms with Crippen LogP contribution in [0.3, 0.4) is 0 Å². The van der Waals surface area contributed by atoms with Gasteiger partial charge in [0.25, 0.3) is 0 Å². The average Bonchev–Trinajstić information content (AvgIpc) is 3.06. The van der Waals surface area contributed by atoms with Gasteiger partial charge in [-0.1, -0.05) is 47.0 Å². The molecule has 4 nitrogen and oxygen atoms in total. The van der Waals surface area contributed by atoms with Gasteiger partial charge in [-0.2, -0.15) is 0 Å². The number of nitrogens with one attached hydrogen (secondary N) is 1. The van der Waals surface area contributed by atoms with Gasteiger partial charge in [-0.25, -0.2) is 4.98 Å². The maximum Gasteiger partial charge on any atom is 0.212 e. The highest BCUT2D eigenvalue weighted by molar-refractivity contribution is 6.30. The minimum atomic E-state index is -0.103. The Hall–Kier alpha value is -3.37. The number of nitrogens with zero attached hydrogens (tertiary/aromatic N) is 2. The predicted octanol–water partition coefficient (Wildman–Crippen LogP) is 6.43. The summed E-state index contributed by atoms with van der Waals surface area (Å²) in [4.78, 5) is 18.1. The Morgan fingerprint density at radius 3 is 2.00 bits per heavy atom. The number of imidazole rings is 1. The molecule has 0 saturated carbocycles. The lowest BCUT2D eigenvalue weighted by atomic mass is 10.1. The standard InChI is InChI=1S/C25H22ClN3O/c1-16-4-12-21(13-5-16)28-25-27-18(3)23(24(30)19-8-10-20(26)11-9-19)29(25)22-14-6-17(2)7-15-22/h4-15H,1-3H3,(H,27,28). The highest BCUT2D eigenvalue weighted by Gasteiger charge is 2.23. The van der Waals surface area contributed by atoms with E-state index in [-0.39, 0.29) is 5.78 Å². The molecule has 1 N–H and O–H groups in total. The summed E-state index contributed by atoms with van der Waals surface area (Å²) in [6.45, 7) is 5.94. The van der Waals surface area contributed by atoms with E-state index >= 15 is 0 Å². The Bertz CT molecular complexity index is 1190. The number of hydrogen-bond acceptors (Lipinski definition) is 3. The van der Waals surface area contributed by atoms with Crippen molar-refractivity contribution in [2.45, 2.75) is 20.8 Å². The van der Waals surface area contributed by atoms with Gasteiger partial charge in [0, 0.05) is 22.0 Å². The molecule has 0 aliphatic carbocycles. The normalized spacial score (nSPS) is 10.8. The number of anilines is 2. The Morgan fingerprint density at radius 2 is 1.40 bits per heavy atom. The fraction of sp³-hybridized carbons (Fsp3) is 0.120. The zero-order chi connectivity index (χ0) is 21.3. The molecule has 4 rings (SSSR count). The third-order valence-electron chi connectivity index (χ3n) is 4.97. The van der Waals surface area contributed by atoms with Gasteiger partial charge in [0.15, 0.2) is 0 Å². The van der Waals surface area contributed by atoms with E-state index in [0.717, 1.165) is 16.9 Å². The molecule has 0 spiro atoms. The van der Waals surface area contributed by atoms with Crippen molar-refractivity contribution in [1.82, 2.24) is 9.55 Å². The number of carbonyl (C=O) groups excluding carboxylic acids is 1. The first kappa shape index (κ1) is 19.9. The third kappa shape index (κ3) is 4.00. The first-order valence-corrected chi connectivity index (χ1v) is 10.1. The van der Waals surface area contributed by atoms with E-state index in [9.17, 15) is 4.79 Å². The van der Waals surface area contributed by atoms with Crippen LogP contribution in [0.2, 0.25) is 5.02 Å². The summed E-state index contributed by atoms with van der Waals surface area (Å²) >= 11 is 6.00. The van der Waals surface area contributed by atoms with Gasteiger partial charge in [-0.15, -0.1) is 0 Å². The number of rotatable bonds is 5. The van der Waals surface area contributed by atoms with Crippen molar-refractivity contribution in [3.05, 3.63) is 106 Å². The molecule has 0 saturated heterocycles. The molecule has 1 heterocycles. The van der Waals surface area contributed by atoms with Gasteiger partial charge in [0.1, 0.15) is 5.69 Å². The molecule has 0 radical (unpaired) electrons. The van der Waals surface area contributed by atoms with Gasteiger partial charge >= 0.3 is 0 Å². The van der Waals surface area contributed by atoms with Gasteiger partial charge in [-0.3, -0.25) is 9.36 Å². The third-order valence-corrected chi connectivity index (χ3v) is 5.23. The second-order valence-electron chi connectivity index (χ2n) is 7.37. The second kappa shape index (κ2) is 8.17. The number of aryl methyl sites for hydroxylation is 3. The van der Waals surface area contributed by atoms with E-state index in [1.54, 1.807) is 24.3 Å². The van der Waals surface area contributed by atoms with Crippen LogP contribution in [0.15, 0.2) is 72.8 Å². The predicted molar refractivity (Wildman–Crippen MR) is 122 cm³/mol. The van der Waals surface area contributed by atoms with Crippen LogP contribution >= 0.6 is 11.6 Å². The number of ketones is 1. The maximum atomic E-state index is 13.4. The summed E-state index contributed by atoms with van der Waals surface area (Å²) in [5.41, 5.74) is 5.85. The minimum Gasteiger partial charge on any atom is -0.325 e. The lowest BCUT2D eigenvalue weighted by Crippen LogP contribution is -2.12. The molecule has 0 aliphatic heterocycles. The van der Waals surface area contributed by atoms with Crippen molar-refractivity contribution in [1.29, 1.82) is 0 Å². The van der Waals surface area contributed by atoms with Crippen LogP contribution in [0.5, 0.6) is 0 Å². The average molecular weight is 416 g/mol. The molecule has 0 amide bonds. The van der Waals surface area contributed by atoms with E-state index < -0.39 is 0 Å². The fourth-order valence-corrected chi connectivity index (χ4v) is 3.45. The minimum absolute atomic E-state index is 0.103. The number of benzene rings is 3. The van der Waals surface area contributed by atoms with E-state index in [0.29, 0.717) is 27.9 Å². The SMILES string of the molecule is Cc1ccc(Nc2nc(C)c(C(=O)c3ccc(Cl)cc3)n2-c2ccc(C)cc2)cc1. The highest BCUT2D eigenvalue weighted by Crippen LogP contribution is 2.27. The Balaban J connectivity index is 1.85. The van der Waals surface area contributed by atoms with E-state index in [1.807, 2.05) is 73.9 Å². The Labute approximate surface area is 181 Å². The molecule has 4 aromatic rings. The van der Waals surface area contributed by atoms with Crippen LogP contribution in [-0.4, -0.2) is 15.3 Å². The molecule has 30 heavy (non-hydrogen) atoms. The molecule has 0 bridgehead atoms. The van der Waals surface area contributed by atoms with Crippen LogP contribution < -0.4 is 5.32 Å². The van der Waals surface area contributed by atoms with E-state index in [4.69, 9.17) is 16.6 Å². The lowest BCUT2D eigenvalue weighted by Gasteiger charge is -2.14. The molecule has 3 aromatic carbocycles. The summed E-state index contributed by atoms with van der Waals surface area (Å²) in [6, 6.07) is 23.0. The van der Waals surface area contributed by atoms with Crippen molar-refractivity contribution in [2.24, 2.45) is 0 Å². The van der Waals surface area contributed by atoms with Crippen LogP contribution in [0.1, 0.15) is 32.9 Å². The summed E-state index contributed by atoms with van der Waals surface area (Å²) < 4.78 is 1.88. The first-order valence-electron chi connectivity index (χ1n) is 9.73. The monoisotopic (exact) mass is 415 g/mol. The molecular weight excluding hydrogens is 394 g/mol. The quantitative estimate of drug-likeness (QED) is 0.382. The maximum absolute atomic E-state index is 13.4. The van der Waals surface area contributed by atoms with Gasteiger partial charge in [0.05, 0.1) is 5.69 Å². The van der Waals surface area contributed by atoms with Gasteiger partial charge in [-0.05, 0) is 69.3 Å². The number of aromatic nitrogens is 2. The molecule has 0 unspecified atom stereocenters. The zero-order valence-corrected chi connectivity index (χ0v) is 17.9. The van der Waals surface area contributed by atoms with Crippen molar-refractivity contribution >= 4 is 29.0 Å². The molecule has 5 heteroatoms. The van der Waals surface area contributed by atoms with Crippen LogP contribution in [0.4, 0.5) is 11.6 Å². The van der Waals surface area contributed by atoms with E-state index in [2.05, 4.69) is 5.32 Å². The molecule has 0 aliphatic rings. The van der Waals surface area contributed by atoms with Crippen molar-refractivity contribution in [3.63, 3.8) is 0 Å². The highest BCUT2D eigenvalue weighted by atomic mass is 35.5. The van der Waals surface area contributed by atoms with E-state index in [1.165, 1.54) is 5.56 Å². The number of halogens is 1. The summed E-state index contributed by atoms with van der Waals surface area (Å²) in [5, 5.41) is 3.96. The number of carbonyl (C=O) groups is 1. The topological polar surface area (TPSA) is 46.9 Å². The Morgan fingerprint density at radius 1 is 0.833 bits per heavy atom. The molecule has 0 fully saturated rings. The molecule has 0 atom stereocenters. The number of hydrogen-bond donors (Lipinski definition) is 1. The van der Waals surface area contributed by atoms with Crippen LogP contribution in [0.25, 0.3) is 5.69 Å². The fourth-order valence-electron chi connectivity index (χ4n) is 3.33. The van der Waals surface area contributed by atoms with Gasteiger partial charge < -0.3 is 5.32 Å². The Kier molecular flexibility index (Phi) is 5.42. The smallest absolute Gasteiger partial charge is 0.212 e. The lowest BCUT2D eigenvalue weighted by molar-refractivity contribution is 0.103. The zero-order valence-electron chi connectivity index (χ0n) is 17.1.